The second-order valence-corrected chi connectivity index (χ2v) is 7.10. The van der Waals surface area contributed by atoms with Crippen molar-refractivity contribution in [3.63, 3.8) is 0 Å². The van der Waals surface area contributed by atoms with Crippen molar-refractivity contribution in [2.45, 2.75) is 18.6 Å². The lowest BCUT2D eigenvalue weighted by atomic mass is 9.63. The molecule has 2 atom stereocenters. The molecular formula is C13H16N4OS. The zero-order valence-electron chi connectivity index (χ0n) is 10.6. The lowest BCUT2D eigenvalue weighted by molar-refractivity contribution is -0.212. The minimum atomic E-state index is -0.311. The van der Waals surface area contributed by atoms with Crippen molar-refractivity contribution in [3.05, 3.63) is 16.6 Å². The van der Waals surface area contributed by atoms with E-state index in [0.29, 0.717) is 11.8 Å². The second-order valence-electron chi connectivity index (χ2n) is 6.20. The van der Waals surface area contributed by atoms with Crippen LogP contribution in [0.1, 0.15) is 17.8 Å². The van der Waals surface area contributed by atoms with Gasteiger partial charge >= 0.3 is 0 Å². The zero-order chi connectivity index (χ0) is 12.4. The Kier molecular flexibility index (Phi) is 2.02. The fraction of sp³-hybridized carbons (Fsp3) is 0.692. The lowest BCUT2D eigenvalue weighted by Crippen LogP contribution is -2.66. The third-order valence-electron chi connectivity index (χ3n) is 5.11. The number of amidine groups is 1. The molecule has 19 heavy (non-hydrogen) atoms. The van der Waals surface area contributed by atoms with E-state index in [1.165, 1.54) is 19.4 Å². The van der Waals surface area contributed by atoms with Crippen LogP contribution in [0, 0.1) is 17.8 Å². The number of rotatable bonds is 1. The van der Waals surface area contributed by atoms with Crippen LogP contribution >= 0.6 is 11.3 Å². The molecule has 1 saturated carbocycles. The number of aliphatic imine (C=N–C) groups is 1. The molecule has 1 aromatic heterocycles. The van der Waals surface area contributed by atoms with Crippen molar-refractivity contribution in [3.8, 4) is 0 Å². The van der Waals surface area contributed by atoms with Crippen molar-refractivity contribution in [1.82, 2.24) is 15.4 Å². The highest BCUT2D eigenvalue weighted by Crippen LogP contribution is 2.52. The third-order valence-corrected chi connectivity index (χ3v) is 5.89. The number of thiazole rings is 1. The van der Waals surface area contributed by atoms with Crippen molar-refractivity contribution in [2.75, 3.05) is 19.6 Å². The van der Waals surface area contributed by atoms with Gasteiger partial charge in [-0.3, -0.25) is 0 Å². The summed E-state index contributed by atoms with van der Waals surface area (Å²) in [5.74, 6) is 2.79. The first-order chi connectivity index (χ1) is 9.33. The first-order valence-corrected chi connectivity index (χ1v) is 7.87. The molecule has 3 saturated heterocycles. The van der Waals surface area contributed by atoms with Crippen molar-refractivity contribution in [1.29, 1.82) is 0 Å². The van der Waals surface area contributed by atoms with Gasteiger partial charge in [-0.05, 0) is 18.8 Å². The average Bonchev–Trinajstić information content (AvgIpc) is 3.06. The van der Waals surface area contributed by atoms with Crippen LogP contribution in [-0.4, -0.2) is 41.1 Å². The average molecular weight is 276 g/mol. The second kappa shape index (κ2) is 3.56. The van der Waals surface area contributed by atoms with Crippen molar-refractivity contribution < 1.29 is 4.84 Å². The van der Waals surface area contributed by atoms with Crippen LogP contribution < -0.4 is 5.48 Å². The number of nitrogens with zero attached hydrogens (tertiary/aromatic N) is 3. The molecule has 0 amide bonds. The molecule has 6 rings (SSSR count). The van der Waals surface area contributed by atoms with Crippen molar-refractivity contribution >= 4 is 17.2 Å². The number of aromatic nitrogens is 1. The summed E-state index contributed by atoms with van der Waals surface area (Å²) in [6.07, 6.45) is 4.35. The fourth-order valence-corrected chi connectivity index (χ4v) is 5.05. The summed E-state index contributed by atoms with van der Waals surface area (Å²) in [5.41, 5.74) is 2.75. The molecule has 5 nitrogen and oxygen atoms in total. The summed E-state index contributed by atoms with van der Waals surface area (Å²) in [6, 6.07) is 0. The monoisotopic (exact) mass is 276 g/mol. The van der Waals surface area contributed by atoms with Gasteiger partial charge in [0, 0.05) is 43.0 Å². The summed E-state index contributed by atoms with van der Waals surface area (Å²) in [7, 11) is 0. The molecule has 1 aliphatic carbocycles. The van der Waals surface area contributed by atoms with E-state index in [4.69, 9.17) is 9.83 Å². The van der Waals surface area contributed by atoms with E-state index < -0.39 is 0 Å². The molecule has 100 valence electrons. The van der Waals surface area contributed by atoms with Gasteiger partial charge in [0.15, 0.2) is 16.6 Å². The topological polar surface area (TPSA) is 49.8 Å². The minimum absolute atomic E-state index is 0.311. The van der Waals surface area contributed by atoms with Crippen LogP contribution in [0.4, 0.5) is 0 Å². The molecule has 4 bridgehead atoms. The van der Waals surface area contributed by atoms with Gasteiger partial charge in [-0.1, -0.05) is 0 Å². The third kappa shape index (κ3) is 1.37. The van der Waals surface area contributed by atoms with Gasteiger partial charge in [-0.15, -0.1) is 11.3 Å². The normalized spacial score (nSPS) is 46.6. The number of hydrogen-bond acceptors (Lipinski definition) is 6. The van der Waals surface area contributed by atoms with Crippen LogP contribution in [0.25, 0.3) is 0 Å². The molecule has 2 unspecified atom stereocenters. The van der Waals surface area contributed by atoms with Gasteiger partial charge in [0.2, 0.25) is 0 Å². The van der Waals surface area contributed by atoms with E-state index in [1.807, 2.05) is 11.6 Å². The predicted molar refractivity (Wildman–Crippen MR) is 71.7 cm³/mol. The molecule has 1 N–H and O–H groups in total. The Hall–Kier alpha value is -0.980. The standard InChI is InChI=1S/C13H16N4OS/c1-2-19-12(14-1)11-15-13(18-16-11)9-3-8-4-10(13)7-17(5-8)6-9/h1-2,8-10H,3-7H2,(H,15,16). The van der Waals surface area contributed by atoms with Gasteiger partial charge in [0.05, 0.1) is 0 Å². The maximum atomic E-state index is 6.04. The highest BCUT2D eigenvalue weighted by Gasteiger charge is 2.60. The molecule has 5 heterocycles. The predicted octanol–water partition coefficient (Wildman–Crippen LogP) is 1.09. The van der Waals surface area contributed by atoms with Crippen molar-refractivity contribution in [2.24, 2.45) is 22.7 Å². The van der Waals surface area contributed by atoms with Crippen LogP contribution in [0.15, 0.2) is 16.6 Å². The SMILES string of the molecule is c1csc(C2=NC3(ON2)C2CC4CC3CN(C4)C2)n1. The molecular weight excluding hydrogens is 260 g/mol. The fourth-order valence-electron chi connectivity index (χ4n) is 4.48. The molecule has 1 spiro atoms. The summed E-state index contributed by atoms with van der Waals surface area (Å²) < 4.78 is 0. The largest absolute Gasteiger partial charge is 0.302 e. The Labute approximate surface area is 115 Å². The quantitative estimate of drug-likeness (QED) is 0.834. The lowest BCUT2D eigenvalue weighted by Gasteiger charge is -2.58. The Bertz CT molecular complexity index is 513. The Morgan fingerprint density at radius 2 is 2.16 bits per heavy atom. The molecule has 0 radical (unpaired) electrons. The first kappa shape index (κ1) is 10.8. The number of hydroxylamine groups is 1. The maximum Gasteiger partial charge on any atom is 0.195 e. The van der Waals surface area contributed by atoms with Gasteiger partial charge < -0.3 is 4.90 Å². The minimum Gasteiger partial charge on any atom is -0.302 e. The van der Waals surface area contributed by atoms with E-state index in [-0.39, 0.29) is 5.72 Å². The van der Waals surface area contributed by atoms with Crippen LogP contribution in [0.2, 0.25) is 0 Å². The molecule has 1 aromatic rings. The van der Waals surface area contributed by atoms with Gasteiger partial charge in [0.1, 0.15) is 0 Å². The zero-order valence-corrected chi connectivity index (χ0v) is 11.4. The molecule has 4 aliphatic heterocycles. The van der Waals surface area contributed by atoms with Gasteiger partial charge in [0.25, 0.3) is 0 Å². The first-order valence-electron chi connectivity index (χ1n) is 6.99. The van der Waals surface area contributed by atoms with E-state index in [9.17, 15) is 0 Å². The van der Waals surface area contributed by atoms with E-state index in [0.717, 1.165) is 29.9 Å². The summed E-state index contributed by atoms with van der Waals surface area (Å²) >= 11 is 1.61. The maximum absolute atomic E-state index is 6.04. The Morgan fingerprint density at radius 3 is 2.84 bits per heavy atom. The molecule has 5 aliphatic rings. The summed E-state index contributed by atoms with van der Waals surface area (Å²) in [5, 5.41) is 2.92. The highest BCUT2D eigenvalue weighted by atomic mass is 32.1. The molecule has 0 aromatic carbocycles. The smallest absolute Gasteiger partial charge is 0.195 e. The van der Waals surface area contributed by atoms with E-state index in [1.54, 1.807) is 11.3 Å². The number of piperidine rings is 3. The van der Waals surface area contributed by atoms with E-state index in [2.05, 4.69) is 15.4 Å². The highest BCUT2D eigenvalue weighted by molar-refractivity contribution is 7.11. The summed E-state index contributed by atoms with van der Waals surface area (Å²) in [4.78, 5) is 17.9. The number of nitrogens with one attached hydrogen (secondary N) is 1. The Balaban J connectivity index is 1.55. The molecule has 6 heteroatoms. The van der Waals surface area contributed by atoms with Gasteiger partial charge in [-0.2, -0.15) is 0 Å². The van der Waals surface area contributed by atoms with Gasteiger partial charge in [-0.25, -0.2) is 20.3 Å². The number of hydrogen-bond donors (Lipinski definition) is 1. The summed E-state index contributed by atoms with van der Waals surface area (Å²) in [6.45, 7) is 3.58. The Morgan fingerprint density at radius 1 is 1.32 bits per heavy atom. The molecule has 4 fully saturated rings. The van der Waals surface area contributed by atoms with Crippen LogP contribution in [-0.2, 0) is 4.84 Å². The van der Waals surface area contributed by atoms with Crippen LogP contribution in [0.3, 0.4) is 0 Å². The van der Waals surface area contributed by atoms with Crippen LogP contribution in [0.5, 0.6) is 0 Å². The van der Waals surface area contributed by atoms with E-state index >= 15 is 0 Å².